The molecule has 1 aromatic carbocycles. The molecule has 2 aromatic rings. The van der Waals surface area contributed by atoms with Gasteiger partial charge in [-0.15, -0.1) is 0 Å². The molecule has 0 amide bonds. The molecule has 0 aliphatic carbocycles. The molecule has 7 heteroatoms. The Labute approximate surface area is 156 Å². The first-order valence-electron chi connectivity index (χ1n) is 8.76. The highest BCUT2D eigenvalue weighted by Gasteiger charge is 2.34. The Morgan fingerprint density at radius 3 is 2.52 bits per heavy atom. The zero-order valence-corrected chi connectivity index (χ0v) is 15.2. The Kier molecular flexibility index (Phi) is 5.39. The van der Waals surface area contributed by atoms with Crippen LogP contribution in [0, 0.1) is 0 Å². The van der Waals surface area contributed by atoms with E-state index in [1.807, 2.05) is 36.1 Å². The average molecular weight is 378 g/mol. The number of aromatic nitrogens is 1. The molecule has 27 heavy (non-hydrogen) atoms. The third kappa shape index (κ3) is 4.78. The predicted octanol–water partition coefficient (Wildman–Crippen LogP) is 4.45. The molecule has 0 saturated carbocycles. The molecule has 144 valence electrons. The van der Waals surface area contributed by atoms with Gasteiger partial charge in [0.1, 0.15) is 23.3 Å². The molecule has 1 saturated heterocycles. The topological polar surface area (TPSA) is 42.4 Å². The zero-order chi connectivity index (χ0) is 19.6. The number of pyridine rings is 1. The molecule has 1 aliphatic heterocycles. The van der Waals surface area contributed by atoms with Gasteiger partial charge in [0.15, 0.2) is 0 Å². The highest BCUT2D eigenvalue weighted by Crippen LogP contribution is 2.32. The second kappa shape index (κ2) is 7.58. The van der Waals surface area contributed by atoms with Gasteiger partial charge in [0.2, 0.25) is 0 Å². The van der Waals surface area contributed by atoms with Crippen LogP contribution in [0.15, 0.2) is 42.6 Å². The Bertz CT molecular complexity index is 800. The largest absolute Gasteiger partial charge is 0.487 e. The molecule has 2 heterocycles. The quantitative estimate of drug-likeness (QED) is 0.745. The van der Waals surface area contributed by atoms with Gasteiger partial charge >= 0.3 is 6.18 Å². The lowest BCUT2D eigenvalue weighted by Gasteiger charge is -2.40. The Balaban J connectivity index is 1.54. The fourth-order valence-electron chi connectivity index (χ4n) is 3.11. The Morgan fingerprint density at radius 2 is 1.93 bits per heavy atom. The number of alkyl halides is 3. The molecular weight excluding hydrogens is 357 g/mol. The summed E-state index contributed by atoms with van der Waals surface area (Å²) in [7, 11) is 0. The molecule has 1 aromatic heterocycles. The molecule has 0 radical (unpaired) electrons. The summed E-state index contributed by atoms with van der Waals surface area (Å²) >= 11 is 0. The molecule has 1 aliphatic rings. The van der Waals surface area contributed by atoms with Gasteiger partial charge in [-0.1, -0.05) is 19.1 Å². The van der Waals surface area contributed by atoms with Gasteiger partial charge in [-0.05, 0) is 42.7 Å². The normalized spacial score (nSPS) is 16.0. The van der Waals surface area contributed by atoms with Crippen molar-refractivity contribution in [3.63, 3.8) is 0 Å². The zero-order valence-electron chi connectivity index (χ0n) is 15.2. The van der Waals surface area contributed by atoms with Crippen molar-refractivity contribution >= 4 is 11.5 Å². The number of carbonyl (C=O) groups excluding carboxylic acids is 1. The standard InChI is InChI=1S/C20H21F3N2O2/c1-13(9-14(2)26)15-3-5-17(6-4-15)27-18-11-25(12-18)16-7-8-24-19(10-16)20(21,22)23/h3-8,10,13,18H,9,11-12H2,1-2H3/t13-/m1/s1. The summed E-state index contributed by atoms with van der Waals surface area (Å²) in [6, 6.07) is 10.2. The third-order valence-corrected chi connectivity index (χ3v) is 4.59. The lowest BCUT2D eigenvalue weighted by Crippen LogP contribution is -2.54. The highest BCUT2D eigenvalue weighted by atomic mass is 19.4. The van der Waals surface area contributed by atoms with E-state index < -0.39 is 11.9 Å². The van der Waals surface area contributed by atoms with Crippen LogP contribution in [0.2, 0.25) is 0 Å². The number of benzene rings is 1. The summed E-state index contributed by atoms with van der Waals surface area (Å²) in [4.78, 5) is 16.4. The molecular formula is C20H21F3N2O2. The van der Waals surface area contributed by atoms with E-state index in [-0.39, 0.29) is 17.8 Å². The summed E-state index contributed by atoms with van der Waals surface area (Å²) in [5.41, 5.74) is 0.675. The minimum absolute atomic E-state index is 0.0759. The molecule has 0 spiro atoms. The van der Waals surface area contributed by atoms with E-state index in [1.165, 1.54) is 6.20 Å². The van der Waals surface area contributed by atoms with E-state index in [4.69, 9.17) is 4.74 Å². The molecule has 0 N–H and O–H groups in total. The van der Waals surface area contributed by atoms with Gasteiger partial charge in [0.05, 0.1) is 13.1 Å². The van der Waals surface area contributed by atoms with Crippen molar-refractivity contribution < 1.29 is 22.7 Å². The average Bonchev–Trinajstić information content (AvgIpc) is 2.57. The van der Waals surface area contributed by atoms with Crippen molar-refractivity contribution in [2.24, 2.45) is 0 Å². The molecule has 3 rings (SSSR count). The molecule has 1 atom stereocenters. The number of rotatable bonds is 6. The fraction of sp³-hybridized carbons (Fsp3) is 0.400. The van der Waals surface area contributed by atoms with Crippen molar-refractivity contribution in [1.29, 1.82) is 0 Å². The minimum Gasteiger partial charge on any atom is -0.487 e. The van der Waals surface area contributed by atoms with Crippen LogP contribution in [0.25, 0.3) is 0 Å². The molecule has 0 unspecified atom stereocenters. The first-order valence-corrected chi connectivity index (χ1v) is 8.76. The summed E-state index contributed by atoms with van der Waals surface area (Å²) < 4.78 is 44.1. The Morgan fingerprint density at radius 1 is 1.26 bits per heavy atom. The third-order valence-electron chi connectivity index (χ3n) is 4.59. The number of ether oxygens (including phenoxy) is 1. The van der Waals surface area contributed by atoms with Crippen LogP contribution in [0.1, 0.15) is 37.4 Å². The minimum atomic E-state index is -4.45. The first-order chi connectivity index (χ1) is 12.7. The van der Waals surface area contributed by atoms with E-state index in [0.717, 1.165) is 11.6 Å². The van der Waals surface area contributed by atoms with E-state index in [0.29, 0.717) is 30.9 Å². The number of nitrogens with zero attached hydrogens (tertiary/aromatic N) is 2. The summed E-state index contributed by atoms with van der Waals surface area (Å²) in [5, 5.41) is 0. The van der Waals surface area contributed by atoms with Crippen LogP contribution < -0.4 is 9.64 Å². The van der Waals surface area contributed by atoms with Crippen molar-refractivity contribution in [3.05, 3.63) is 53.9 Å². The van der Waals surface area contributed by atoms with E-state index in [1.54, 1.807) is 13.0 Å². The summed E-state index contributed by atoms with van der Waals surface area (Å²) in [6.07, 6.45) is -2.84. The Hall–Kier alpha value is -2.57. The van der Waals surface area contributed by atoms with E-state index >= 15 is 0 Å². The van der Waals surface area contributed by atoms with Gasteiger partial charge in [-0.25, -0.2) is 0 Å². The second-order valence-electron chi connectivity index (χ2n) is 6.92. The number of hydrogen-bond acceptors (Lipinski definition) is 4. The van der Waals surface area contributed by atoms with Crippen LogP contribution in [0.3, 0.4) is 0 Å². The number of ketones is 1. The maximum absolute atomic E-state index is 12.8. The smallest absolute Gasteiger partial charge is 0.433 e. The number of anilines is 1. The van der Waals surface area contributed by atoms with Gasteiger partial charge in [-0.2, -0.15) is 13.2 Å². The second-order valence-corrected chi connectivity index (χ2v) is 6.92. The highest BCUT2D eigenvalue weighted by molar-refractivity contribution is 5.76. The van der Waals surface area contributed by atoms with E-state index in [2.05, 4.69) is 4.98 Å². The number of carbonyl (C=O) groups is 1. The summed E-state index contributed by atoms with van der Waals surface area (Å²) in [5.74, 6) is 1.02. The van der Waals surface area contributed by atoms with Crippen molar-refractivity contribution in [3.8, 4) is 5.75 Å². The van der Waals surface area contributed by atoms with Crippen LogP contribution in [0.5, 0.6) is 5.75 Å². The van der Waals surface area contributed by atoms with Gasteiger partial charge in [0, 0.05) is 18.3 Å². The maximum atomic E-state index is 12.8. The molecule has 4 nitrogen and oxygen atoms in total. The lowest BCUT2D eigenvalue weighted by atomic mass is 9.96. The van der Waals surface area contributed by atoms with Crippen LogP contribution >= 0.6 is 0 Å². The number of Topliss-reactive ketones (excluding diaryl/α,β-unsaturated/α-hetero) is 1. The van der Waals surface area contributed by atoms with Crippen LogP contribution in [0.4, 0.5) is 18.9 Å². The fourth-order valence-corrected chi connectivity index (χ4v) is 3.11. The lowest BCUT2D eigenvalue weighted by molar-refractivity contribution is -0.141. The van der Waals surface area contributed by atoms with Gasteiger partial charge < -0.3 is 14.4 Å². The van der Waals surface area contributed by atoms with Gasteiger partial charge in [-0.3, -0.25) is 4.98 Å². The monoisotopic (exact) mass is 378 g/mol. The van der Waals surface area contributed by atoms with Crippen molar-refractivity contribution in [1.82, 2.24) is 4.98 Å². The number of hydrogen-bond donors (Lipinski definition) is 0. The molecule has 0 bridgehead atoms. The van der Waals surface area contributed by atoms with Gasteiger partial charge in [0.25, 0.3) is 0 Å². The van der Waals surface area contributed by atoms with Crippen molar-refractivity contribution in [2.75, 3.05) is 18.0 Å². The van der Waals surface area contributed by atoms with E-state index in [9.17, 15) is 18.0 Å². The summed E-state index contributed by atoms with van der Waals surface area (Å²) in [6.45, 7) is 4.62. The first kappa shape index (κ1) is 19.2. The van der Waals surface area contributed by atoms with Crippen molar-refractivity contribution in [2.45, 2.75) is 38.5 Å². The maximum Gasteiger partial charge on any atom is 0.433 e. The number of halogens is 3. The SMILES string of the molecule is CC(=O)C[C@@H](C)c1ccc(OC2CN(c3ccnc(C(F)(F)F)c3)C2)cc1. The predicted molar refractivity (Wildman–Crippen MR) is 96.0 cm³/mol. The van der Waals surface area contributed by atoms with Crippen LogP contribution in [-0.4, -0.2) is 30.0 Å². The molecule has 1 fully saturated rings. The van der Waals surface area contributed by atoms with Crippen LogP contribution in [-0.2, 0) is 11.0 Å².